The minimum absolute atomic E-state index is 0.0995. The number of nitrogens with zero attached hydrogens (tertiary/aromatic N) is 2. The number of terminal acetylenes is 1. The summed E-state index contributed by atoms with van der Waals surface area (Å²) in [7, 11) is 0. The Balaban J connectivity index is 1.91. The van der Waals surface area contributed by atoms with Crippen LogP contribution in [0, 0.1) is 12.3 Å². The van der Waals surface area contributed by atoms with Gasteiger partial charge in [0, 0.05) is 12.8 Å². The minimum atomic E-state index is -0.561. The van der Waals surface area contributed by atoms with Crippen LogP contribution < -0.4 is 5.32 Å². The van der Waals surface area contributed by atoms with Crippen LogP contribution in [0.15, 0.2) is 22.0 Å². The molecule has 0 unspecified atom stereocenters. The first-order chi connectivity index (χ1) is 10.6. The van der Waals surface area contributed by atoms with Gasteiger partial charge in [0.1, 0.15) is 5.54 Å². The second kappa shape index (κ2) is 7.23. The number of carbonyl (C=O) groups excluding carboxylic acids is 1. The fourth-order valence-electron chi connectivity index (χ4n) is 2.08. The van der Waals surface area contributed by atoms with Gasteiger partial charge in [0.25, 0.3) is 0 Å². The summed E-state index contributed by atoms with van der Waals surface area (Å²) in [5.41, 5.74) is -0.561. The summed E-state index contributed by atoms with van der Waals surface area (Å²) in [5.74, 6) is 3.60. The summed E-state index contributed by atoms with van der Waals surface area (Å²) >= 11 is 1.54. The average molecular weight is 317 g/mol. The van der Waals surface area contributed by atoms with Gasteiger partial charge in [0.05, 0.1) is 4.88 Å². The molecule has 0 fully saturated rings. The van der Waals surface area contributed by atoms with Gasteiger partial charge in [-0.1, -0.05) is 31.0 Å². The van der Waals surface area contributed by atoms with Crippen molar-refractivity contribution in [2.45, 2.75) is 45.1 Å². The molecule has 0 radical (unpaired) electrons. The Bertz CT molecular complexity index is 651. The number of thiophene rings is 1. The van der Waals surface area contributed by atoms with Gasteiger partial charge in [-0.2, -0.15) is 4.98 Å². The fourth-order valence-corrected chi connectivity index (χ4v) is 2.73. The summed E-state index contributed by atoms with van der Waals surface area (Å²) in [6.07, 6.45) is 7.62. The van der Waals surface area contributed by atoms with Crippen LogP contribution in [0.1, 0.15) is 39.0 Å². The predicted molar refractivity (Wildman–Crippen MR) is 86.2 cm³/mol. The van der Waals surface area contributed by atoms with E-state index in [0.29, 0.717) is 31.0 Å². The van der Waals surface area contributed by atoms with Crippen molar-refractivity contribution in [1.82, 2.24) is 15.5 Å². The highest BCUT2D eigenvalue weighted by Gasteiger charge is 2.25. The molecule has 6 heteroatoms. The van der Waals surface area contributed by atoms with E-state index in [1.165, 1.54) is 0 Å². The molecule has 2 aromatic rings. The van der Waals surface area contributed by atoms with Crippen LogP contribution in [0.25, 0.3) is 10.7 Å². The van der Waals surface area contributed by atoms with E-state index in [-0.39, 0.29) is 12.3 Å². The molecule has 0 bridgehead atoms. The van der Waals surface area contributed by atoms with Crippen molar-refractivity contribution >= 4 is 17.2 Å². The molecule has 0 aromatic carbocycles. The van der Waals surface area contributed by atoms with Crippen molar-refractivity contribution < 1.29 is 9.32 Å². The highest BCUT2D eigenvalue weighted by molar-refractivity contribution is 7.13. The van der Waals surface area contributed by atoms with Gasteiger partial charge in [-0.25, -0.2) is 0 Å². The zero-order valence-corrected chi connectivity index (χ0v) is 13.6. The maximum Gasteiger partial charge on any atom is 0.227 e. The third-order valence-electron chi connectivity index (χ3n) is 3.64. The first-order valence-electron chi connectivity index (χ1n) is 7.27. The van der Waals surface area contributed by atoms with E-state index in [9.17, 15) is 4.79 Å². The van der Waals surface area contributed by atoms with Gasteiger partial charge < -0.3 is 9.84 Å². The average Bonchev–Trinajstić information content (AvgIpc) is 3.21. The van der Waals surface area contributed by atoms with E-state index in [0.717, 1.165) is 4.88 Å². The molecule has 22 heavy (non-hydrogen) atoms. The molecular formula is C16H19N3O2S. The quantitative estimate of drug-likeness (QED) is 0.797. The number of rotatable bonds is 7. The molecule has 0 aliphatic heterocycles. The summed E-state index contributed by atoms with van der Waals surface area (Å²) in [5, 5.41) is 8.79. The van der Waals surface area contributed by atoms with Crippen molar-refractivity contribution in [2.24, 2.45) is 0 Å². The molecular weight excluding hydrogens is 298 g/mol. The Kier molecular flexibility index (Phi) is 5.34. The second-order valence-corrected chi connectivity index (χ2v) is 5.92. The highest BCUT2D eigenvalue weighted by Crippen LogP contribution is 2.21. The monoisotopic (exact) mass is 317 g/mol. The Morgan fingerprint density at radius 1 is 1.50 bits per heavy atom. The Morgan fingerprint density at radius 2 is 2.27 bits per heavy atom. The van der Waals surface area contributed by atoms with E-state index in [1.807, 2.05) is 31.4 Å². The third-order valence-corrected chi connectivity index (χ3v) is 4.50. The zero-order chi connectivity index (χ0) is 16.0. The van der Waals surface area contributed by atoms with E-state index in [4.69, 9.17) is 10.9 Å². The van der Waals surface area contributed by atoms with Gasteiger partial charge in [-0.15, -0.1) is 17.8 Å². The summed E-state index contributed by atoms with van der Waals surface area (Å²) < 4.78 is 5.17. The number of aromatic nitrogens is 2. The molecule has 0 aliphatic rings. The highest BCUT2D eigenvalue weighted by atomic mass is 32.1. The number of hydrogen-bond acceptors (Lipinski definition) is 5. The summed E-state index contributed by atoms with van der Waals surface area (Å²) in [6.45, 7) is 3.93. The van der Waals surface area contributed by atoms with Gasteiger partial charge in [0.2, 0.25) is 17.6 Å². The van der Waals surface area contributed by atoms with Gasteiger partial charge in [0.15, 0.2) is 0 Å². The molecule has 0 atom stereocenters. The normalized spacial score (nSPS) is 11.1. The lowest BCUT2D eigenvalue weighted by Crippen LogP contribution is -2.46. The zero-order valence-electron chi connectivity index (χ0n) is 12.8. The smallest absolute Gasteiger partial charge is 0.227 e. The molecule has 0 saturated carbocycles. The second-order valence-electron chi connectivity index (χ2n) is 4.97. The van der Waals surface area contributed by atoms with Crippen LogP contribution in [0.3, 0.4) is 0 Å². The van der Waals surface area contributed by atoms with Crippen molar-refractivity contribution in [3.05, 3.63) is 23.4 Å². The number of amides is 1. The van der Waals surface area contributed by atoms with Crippen LogP contribution in [-0.4, -0.2) is 21.6 Å². The largest absolute Gasteiger partial charge is 0.340 e. The van der Waals surface area contributed by atoms with Crippen LogP contribution in [-0.2, 0) is 11.2 Å². The number of aryl methyl sites for hydroxylation is 1. The van der Waals surface area contributed by atoms with Crippen molar-refractivity contribution in [3.8, 4) is 23.0 Å². The van der Waals surface area contributed by atoms with Crippen molar-refractivity contribution in [3.63, 3.8) is 0 Å². The van der Waals surface area contributed by atoms with Crippen LogP contribution in [0.2, 0.25) is 0 Å². The van der Waals surface area contributed by atoms with E-state index < -0.39 is 5.54 Å². The first kappa shape index (κ1) is 16.2. The lowest BCUT2D eigenvalue weighted by Gasteiger charge is -2.26. The third kappa shape index (κ3) is 3.74. The molecule has 1 N–H and O–H groups in total. The van der Waals surface area contributed by atoms with Gasteiger partial charge >= 0.3 is 0 Å². The Morgan fingerprint density at radius 3 is 2.86 bits per heavy atom. The Hall–Kier alpha value is -2.13. The molecule has 2 aromatic heterocycles. The summed E-state index contributed by atoms with van der Waals surface area (Å²) in [4.78, 5) is 17.3. The number of hydrogen-bond donors (Lipinski definition) is 1. The maximum atomic E-state index is 12.0. The maximum absolute atomic E-state index is 12.0. The molecule has 2 rings (SSSR count). The van der Waals surface area contributed by atoms with E-state index in [1.54, 1.807) is 11.3 Å². The van der Waals surface area contributed by atoms with E-state index in [2.05, 4.69) is 21.4 Å². The lowest BCUT2D eigenvalue weighted by molar-refractivity contribution is -0.122. The molecule has 1 amide bonds. The van der Waals surface area contributed by atoms with Crippen LogP contribution in [0.5, 0.6) is 0 Å². The standard InChI is InChI=1S/C16H19N3O2S/c1-4-16(5-2,6-3)18-13(20)9-10-14-17-15(19-21-14)12-8-7-11-22-12/h1,7-8,11H,5-6,9-10H2,2-3H3,(H,18,20). The molecule has 0 aliphatic carbocycles. The van der Waals surface area contributed by atoms with Gasteiger partial charge in [-0.3, -0.25) is 4.79 Å². The van der Waals surface area contributed by atoms with Gasteiger partial charge in [-0.05, 0) is 24.3 Å². The first-order valence-corrected chi connectivity index (χ1v) is 8.15. The van der Waals surface area contributed by atoms with Crippen molar-refractivity contribution in [2.75, 3.05) is 0 Å². The topological polar surface area (TPSA) is 68.0 Å². The SMILES string of the molecule is C#CC(CC)(CC)NC(=O)CCc1nc(-c2cccs2)no1. The molecule has 116 valence electrons. The number of nitrogens with one attached hydrogen (secondary N) is 1. The van der Waals surface area contributed by atoms with Crippen LogP contribution >= 0.6 is 11.3 Å². The Labute approximate surface area is 134 Å². The fraction of sp³-hybridized carbons (Fsp3) is 0.438. The molecule has 0 spiro atoms. The predicted octanol–water partition coefficient (Wildman–Crippen LogP) is 3.04. The van der Waals surface area contributed by atoms with Crippen molar-refractivity contribution in [1.29, 1.82) is 0 Å². The lowest BCUT2D eigenvalue weighted by atomic mass is 9.93. The molecule has 5 nitrogen and oxygen atoms in total. The molecule has 2 heterocycles. The van der Waals surface area contributed by atoms with E-state index >= 15 is 0 Å². The minimum Gasteiger partial charge on any atom is -0.340 e. The summed E-state index contributed by atoms with van der Waals surface area (Å²) in [6, 6.07) is 3.86. The van der Waals surface area contributed by atoms with Crippen LogP contribution in [0.4, 0.5) is 0 Å². The number of carbonyl (C=O) groups is 1. The molecule has 0 saturated heterocycles.